The highest BCUT2D eigenvalue weighted by Gasteiger charge is 2.11. The van der Waals surface area contributed by atoms with Crippen LogP contribution in [0.15, 0.2) is 48.5 Å². The quantitative estimate of drug-likeness (QED) is 0.784. The fraction of sp³-hybridized carbons (Fsp3) is 0.429. The third-order valence-electron chi connectivity index (χ3n) is 4.69. The number of aryl methyl sites for hydroxylation is 1. The van der Waals surface area contributed by atoms with Gasteiger partial charge in [0, 0.05) is 24.7 Å². The Morgan fingerprint density at radius 3 is 1.87 bits per heavy atom. The lowest BCUT2D eigenvalue weighted by atomic mass is 9.91. The molecule has 2 heteroatoms. The van der Waals surface area contributed by atoms with Gasteiger partial charge < -0.3 is 10.6 Å². The monoisotopic (exact) mass is 310 g/mol. The Hall–Kier alpha value is -1.80. The molecule has 0 saturated carbocycles. The van der Waals surface area contributed by atoms with Gasteiger partial charge in [-0.3, -0.25) is 0 Å². The third kappa shape index (κ3) is 4.59. The van der Waals surface area contributed by atoms with Gasteiger partial charge in [-0.25, -0.2) is 0 Å². The summed E-state index contributed by atoms with van der Waals surface area (Å²) in [5, 5.41) is 0. The number of benzene rings is 2. The molecule has 0 radical (unpaired) electrons. The number of rotatable bonds is 8. The minimum atomic E-state index is 0.389. The number of anilines is 1. The SMILES string of the molecule is CCc1ccc(C(CN)Cc2ccc(N(CC)CC)cc2)cc1. The average molecular weight is 310 g/mol. The van der Waals surface area contributed by atoms with Crippen LogP contribution in [0.2, 0.25) is 0 Å². The van der Waals surface area contributed by atoms with Crippen molar-refractivity contribution in [2.45, 2.75) is 39.5 Å². The van der Waals surface area contributed by atoms with Gasteiger partial charge in [0.05, 0.1) is 0 Å². The maximum atomic E-state index is 6.04. The lowest BCUT2D eigenvalue weighted by Gasteiger charge is -2.22. The number of nitrogens with zero attached hydrogens (tertiary/aromatic N) is 1. The molecule has 0 amide bonds. The lowest BCUT2D eigenvalue weighted by molar-refractivity contribution is 0.694. The van der Waals surface area contributed by atoms with Crippen LogP contribution in [0.1, 0.15) is 43.4 Å². The fourth-order valence-corrected chi connectivity index (χ4v) is 3.08. The number of nitrogens with two attached hydrogens (primary N) is 1. The highest BCUT2D eigenvalue weighted by atomic mass is 15.1. The van der Waals surface area contributed by atoms with Crippen molar-refractivity contribution < 1.29 is 0 Å². The minimum absolute atomic E-state index is 0.389. The van der Waals surface area contributed by atoms with Gasteiger partial charge >= 0.3 is 0 Å². The zero-order valence-electron chi connectivity index (χ0n) is 14.8. The van der Waals surface area contributed by atoms with E-state index in [0.717, 1.165) is 25.9 Å². The standard InChI is InChI=1S/C21H30N2/c1-4-17-7-11-19(12-8-17)20(16-22)15-18-9-13-21(14-10-18)23(5-2)6-3/h7-14,20H,4-6,15-16,22H2,1-3H3. The van der Waals surface area contributed by atoms with Gasteiger partial charge in [0.15, 0.2) is 0 Å². The molecule has 124 valence electrons. The van der Waals surface area contributed by atoms with Gasteiger partial charge in [-0.2, -0.15) is 0 Å². The normalized spacial score (nSPS) is 12.2. The van der Waals surface area contributed by atoms with Crippen molar-refractivity contribution in [1.29, 1.82) is 0 Å². The van der Waals surface area contributed by atoms with Gasteiger partial charge in [-0.05, 0) is 62.1 Å². The summed E-state index contributed by atoms with van der Waals surface area (Å²) in [4.78, 5) is 2.37. The molecule has 0 saturated heterocycles. The Morgan fingerprint density at radius 2 is 1.39 bits per heavy atom. The van der Waals surface area contributed by atoms with Crippen molar-refractivity contribution in [3.8, 4) is 0 Å². The molecule has 1 unspecified atom stereocenters. The molecular weight excluding hydrogens is 280 g/mol. The smallest absolute Gasteiger partial charge is 0.0366 e. The van der Waals surface area contributed by atoms with Crippen molar-refractivity contribution in [3.05, 3.63) is 65.2 Å². The van der Waals surface area contributed by atoms with E-state index in [0.29, 0.717) is 12.5 Å². The first-order chi connectivity index (χ1) is 11.2. The van der Waals surface area contributed by atoms with Gasteiger partial charge in [0.2, 0.25) is 0 Å². The molecular formula is C21H30N2. The van der Waals surface area contributed by atoms with Crippen LogP contribution in [-0.2, 0) is 12.8 Å². The van der Waals surface area contributed by atoms with E-state index in [1.807, 2.05) is 0 Å². The van der Waals surface area contributed by atoms with Crippen molar-refractivity contribution in [3.63, 3.8) is 0 Å². The first-order valence-electron chi connectivity index (χ1n) is 8.84. The first-order valence-corrected chi connectivity index (χ1v) is 8.84. The predicted octanol–water partition coefficient (Wildman–Crippen LogP) is 4.38. The minimum Gasteiger partial charge on any atom is -0.372 e. The van der Waals surface area contributed by atoms with Crippen molar-refractivity contribution in [2.24, 2.45) is 5.73 Å². The molecule has 2 aromatic carbocycles. The van der Waals surface area contributed by atoms with Gasteiger partial charge in [-0.15, -0.1) is 0 Å². The van der Waals surface area contributed by atoms with Crippen LogP contribution in [0, 0.1) is 0 Å². The van der Waals surface area contributed by atoms with Crippen LogP contribution >= 0.6 is 0 Å². The average Bonchev–Trinajstić information content (AvgIpc) is 2.62. The molecule has 2 N–H and O–H groups in total. The topological polar surface area (TPSA) is 29.3 Å². The van der Waals surface area contributed by atoms with E-state index in [1.165, 1.54) is 22.4 Å². The second kappa shape index (κ2) is 8.73. The molecule has 0 heterocycles. The molecule has 23 heavy (non-hydrogen) atoms. The maximum Gasteiger partial charge on any atom is 0.0366 e. The van der Waals surface area contributed by atoms with Crippen LogP contribution in [0.4, 0.5) is 5.69 Å². The van der Waals surface area contributed by atoms with Gasteiger partial charge in [0.1, 0.15) is 0 Å². The van der Waals surface area contributed by atoms with E-state index in [9.17, 15) is 0 Å². The van der Waals surface area contributed by atoms with E-state index in [1.54, 1.807) is 0 Å². The molecule has 0 bridgehead atoms. The molecule has 0 aliphatic heterocycles. The molecule has 0 spiro atoms. The highest BCUT2D eigenvalue weighted by molar-refractivity contribution is 5.47. The lowest BCUT2D eigenvalue weighted by Crippen LogP contribution is -2.21. The van der Waals surface area contributed by atoms with E-state index in [2.05, 4.69) is 74.2 Å². The van der Waals surface area contributed by atoms with Crippen LogP contribution < -0.4 is 10.6 Å². The summed E-state index contributed by atoms with van der Waals surface area (Å²) >= 11 is 0. The van der Waals surface area contributed by atoms with Crippen LogP contribution in [0.5, 0.6) is 0 Å². The summed E-state index contributed by atoms with van der Waals surface area (Å²) in [7, 11) is 0. The Kier molecular flexibility index (Phi) is 6.66. The summed E-state index contributed by atoms with van der Waals surface area (Å²) in [5.41, 5.74) is 11.4. The molecule has 2 rings (SSSR count). The van der Waals surface area contributed by atoms with E-state index in [-0.39, 0.29) is 0 Å². The Bertz CT molecular complexity index is 568. The summed E-state index contributed by atoms with van der Waals surface area (Å²) in [6.07, 6.45) is 2.08. The number of hydrogen-bond donors (Lipinski definition) is 1. The van der Waals surface area contributed by atoms with Crippen molar-refractivity contribution in [2.75, 3.05) is 24.5 Å². The van der Waals surface area contributed by atoms with Crippen LogP contribution in [-0.4, -0.2) is 19.6 Å². The van der Waals surface area contributed by atoms with Crippen LogP contribution in [0.25, 0.3) is 0 Å². The van der Waals surface area contributed by atoms with Gasteiger partial charge in [0.25, 0.3) is 0 Å². The molecule has 0 aromatic heterocycles. The van der Waals surface area contributed by atoms with Crippen LogP contribution in [0.3, 0.4) is 0 Å². The third-order valence-corrected chi connectivity index (χ3v) is 4.69. The van der Waals surface area contributed by atoms with E-state index >= 15 is 0 Å². The molecule has 2 nitrogen and oxygen atoms in total. The second-order valence-electron chi connectivity index (χ2n) is 6.07. The summed E-state index contributed by atoms with van der Waals surface area (Å²) in [6.45, 7) is 9.36. The summed E-state index contributed by atoms with van der Waals surface area (Å²) in [6, 6.07) is 17.9. The summed E-state index contributed by atoms with van der Waals surface area (Å²) < 4.78 is 0. The van der Waals surface area contributed by atoms with E-state index in [4.69, 9.17) is 5.73 Å². The highest BCUT2D eigenvalue weighted by Crippen LogP contribution is 2.23. The molecule has 0 aliphatic carbocycles. The zero-order chi connectivity index (χ0) is 16.7. The largest absolute Gasteiger partial charge is 0.372 e. The first kappa shape index (κ1) is 17.6. The van der Waals surface area contributed by atoms with Crippen molar-refractivity contribution >= 4 is 5.69 Å². The Labute approximate surface area is 141 Å². The Balaban J connectivity index is 2.08. The predicted molar refractivity (Wildman–Crippen MR) is 101 cm³/mol. The van der Waals surface area contributed by atoms with Gasteiger partial charge in [-0.1, -0.05) is 43.3 Å². The molecule has 2 aromatic rings. The van der Waals surface area contributed by atoms with E-state index < -0.39 is 0 Å². The molecule has 0 aliphatic rings. The zero-order valence-corrected chi connectivity index (χ0v) is 14.8. The summed E-state index contributed by atoms with van der Waals surface area (Å²) in [5.74, 6) is 0.389. The fourth-order valence-electron chi connectivity index (χ4n) is 3.08. The maximum absolute atomic E-state index is 6.04. The molecule has 1 atom stereocenters. The number of hydrogen-bond acceptors (Lipinski definition) is 2. The second-order valence-corrected chi connectivity index (χ2v) is 6.07. The van der Waals surface area contributed by atoms with Crippen molar-refractivity contribution in [1.82, 2.24) is 0 Å². The Morgan fingerprint density at radius 1 is 0.826 bits per heavy atom. The molecule has 0 fully saturated rings.